The smallest absolute Gasteiger partial charge is 0.107 e. The zero-order chi connectivity index (χ0) is 13.3. The monoisotopic (exact) mass is 263 g/mol. The van der Waals surface area contributed by atoms with E-state index in [4.69, 9.17) is 18.0 Å². The van der Waals surface area contributed by atoms with Crippen molar-refractivity contribution in [3.8, 4) is 0 Å². The number of nitrogens with two attached hydrogens (primary N) is 1. The van der Waals surface area contributed by atoms with E-state index in [9.17, 15) is 0 Å². The summed E-state index contributed by atoms with van der Waals surface area (Å²) in [5.74, 6) is 0.822. The molecule has 1 aromatic rings. The van der Waals surface area contributed by atoms with Gasteiger partial charge in [-0.15, -0.1) is 0 Å². The van der Waals surface area contributed by atoms with E-state index in [1.807, 2.05) is 13.8 Å². The average Bonchev–Trinajstić information content (AvgIpc) is 2.21. The van der Waals surface area contributed by atoms with E-state index >= 15 is 0 Å². The third kappa shape index (κ3) is 2.64. The van der Waals surface area contributed by atoms with Crippen molar-refractivity contribution in [2.45, 2.75) is 33.1 Å². The van der Waals surface area contributed by atoms with Crippen LogP contribution in [0.1, 0.15) is 36.2 Å². The summed E-state index contributed by atoms with van der Waals surface area (Å²) in [5.41, 5.74) is 9.84. The van der Waals surface area contributed by atoms with Crippen LogP contribution in [-0.2, 0) is 0 Å². The van der Waals surface area contributed by atoms with Gasteiger partial charge in [0.05, 0.1) is 11.3 Å². The van der Waals surface area contributed by atoms with Crippen molar-refractivity contribution >= 4 is 22.9 Å². The maximum absolute atomic E-state index is 5.85. The van der Waals surface area contributed by atoms with Crippen LogP contribution in [0, 0.1) is 19.8 Å². The lowest BCUT2D eigenvalue weighted by atomic mass is 9.85. The third-order valence-electron chi connectivity index (χ3n) is 3.72. The number of aryl methyl sites for hydroxylation is 2. The quantitative estimate of drug-likeness (QED) is 0.848. The number of hydrogen-bond acceptors (Lipinski definition) is 3. The Morgan fingerprint density at radius 3 is 2.67 bits per heavy atom. The molecule has 1 saturated carbocycles. The Morgan fingerprint density at radius 1 is 1.50 bits per heavy atom. The van der Waals surface area contributed by atoms with Crippen LogP contribution < -0.4 is 10.6 Å². The molecule has 4 heteroatoms. The van der Waals surface area contributed by atoms with Crippen molar-refractivity contribution in [2.24, 2.45) is 11.7 Å². The minimum Gasteiger partial charge on any atom is -0.389 e. The van der Waals surface area contributed by atoms with Gasteiger partial charge in [0.25, 0.3) is 0 Å². The molecule has 0 radical (unpaired) electrons. The van der Waals surface area contributed by atoms with Gasteiger partial charge in [-0.3, -0.25) is 4.98 Å². The first-order valence-corrected chi connectivity index (χ1v) is 6.89. The van der Waals surface area contributed by atoms with Gasteiger partial charge >= 0.3 is 0 Å². The first kappa shape index (κ1) is 13.3. The first-order chi connectivity index (χ1) is 8.49. The van der Waals surface area contributed by atoms with Crippen LogP contribution in [-0.4, -0.2) is 23.6 Å². The molecule has 98 valence electrons. The maximum Gasteiger partial charge on any atom is 0.107 e. The molecule has 3 nitrogen and oxygen atoms in total. The van der Waals surface area contributed by atoms with Crippen LogP contribution >= 0.6 is 12.2 Å². The van der Waals surface area contributed by atoms with Crippen LogP contribution in [0.5, 0.6) is 0 Å². The topological polar surface area (TPSA) is 42.1 Å². The van der Waals surface area contributed by atoms with Crippen LogP contribution in [0.2, 0.25) is 0 Å². The Bertz CT molecular complexity index is 466. The predicted molar refractivity (Wildman–Crippen MR) is 80.2 cm³/mol. The molecule has 1 aliphatic carbocycles. The number of pyridine rings is 1. The molecule has 1 heterocycles. The molecule has 0 amide bonds. The summed E-state index contributed by atoms with van der Waals surface area (Å²) in [4.78, 5) is 7.18. The number of rotatable bonds is 4. The maximum atomic E-state index is 5.85. The summed E-state index contributed by atoms with van der Waals surface area (Å²) in [6.45, 7) is 5.07. The van der Waals surface area contributed by atoms with Gasteiger partial charge in [-0.2, -0.15) is 0 Å². The summed E-state index contributed by atoms with van der Waals surface area (Å²) in [6.07, 6.45) is 4.06. The Hall–Kier alpha value is -1.16. The fraction of sp³-hybridized carbons (Fsp3) is 0.571. The average molecular weight is 263 g/mol. The molecule has 1 fully saturated rings. The van der Waals surface area contributed by atoms with Crippen molar-refractivity contribution in [3.63, 3.8) is 0 Å². The largest absolute Gasteiger partial charge is 0.389 e. The van der Waals surface area contributed by atoms with E-state index in [2.05, 4.69) is 23.0 Å². The molecular weight excluding hydrogens is 242 g/mol. The van der Waals surface area contributed by atoms with Crippen molar-refractivity contribution in [3.05, 3.63) is 23.0 Å². The Labute approximate surface area is 114 Å². The summed E-state index contributed by atoms with van der Waals surface area (Å²) < 4.78 is 0. The molecule has 0 unspecified atom stereocenters. The van der Waals surface area contributed by atoms with E-state index in [0.29, 0.717) is 4.99 Å². The summed E-state index contributed by atoms with van der Waals surface area (Å²) in [7, 11) is 2.12. The van der Waals surface area contributed by atoms with Gasteiger partial charge in [-0.05, 0) is 38.7 Å². The third-order valence-corrected chi connectivity index (χ3v) is 3.93. The van der Waals surface area contributed by atoms with Crippen LogP contribution in [0.4, 0.5) is 5.69 Å². The molecule has 1 aliphatic rings. The highest BCUT2D eigenvalue weighted by atomic mass is 32.1. The highest BCUT2D eigenvalue weighted by Gasteiger charge is 2.21. The zero-order valence-electron chi connectivity index (χ0n) is 11.4. The van der Waals surface area contributed by atoms with Gasteiger partial charge in [-0.1, -0.05) is 18.6 Å². The number of hydrogen-bond donors (Lipinski definition) is 1. The minimum absolute atomic E-state index is 0.440. The summed E-state index contributed by atoms with van der Waals surface area (Å²) >= 11 is 5.17. The highest BCUT2D eigenvalue weighted by Crippen LogP contribution is 2.30. The van der Waals surface area contributed by atoms with Crippen molar-refractivity contribution < 1.29 is 0 Å². The van der Waals surface area contributed by atoms with E-state index in [-0.39, 0.29) is 0 Å². The molecular formula is C14H21N3S. The van der Waals surface area contributed by atoms with Gasteiger partial charge < -0.3 is 10.6 Å². The van der Waals surface area contributed by atoms with E-state index in [1.54, 1.807) is 0 Å². The van der Waals surface area contributed by atoms with E-state index < -0.39 is 0 Å². The standard InChI is InChI=1S/C14H21N3S/c1-9-7-12(13(14(15)18)10(2)16-9)17(3)8-11-5-4-6-11/h7,11H,4-6,8H2,1-3H3,(H2,15,18). The number of nitrogens with zero attached hydrogens (tertiary/aromatic N) is 2. The molecule has 0 bridgehead atoms. The summed E-state index contributed by atoms with van der Waals surface area (Å²) in [6, 6.07) is 2.08. The molecule has 0 aromatic carbocycles. The second-order valence-corrected chi connectivity index (χ2v) is 5.72. The van der Waals surface area contributed by atoms with Gasteiger partial charge in [0.15, 0.2) is 0 Å². The fourth-order valence-electron chi connectivity index (χ4n) is 2.57. The first-order valence-electron chi connectivity index (χ1n) is 6.48. The van der Waals surface area contributed by atoms with Gasteiger partial charge in [0, 0.05) is 25.0 Å². The Morgan fingerprint density at radius 2 is 2.17 bits per heavy atom. The highest BCUT2D eigenvalue weighted by molar-refractivity contribution is 7.80. The van der Waals surface area contributed by atoms with Gasteiger partial charge in [-0.25, -0.2) is 0 Å². The summed E-state index contributed by atoms with van der Waals surface area (Å²) in [5, 5.41) is 0. The normalized spacial score (nSPS) is 15.3. The van der Waals surface area contributed by atoms with Gasteiger partial charge in [0.1, 0.15) is 4.99 Å². The molecule has 18 heavy (non-hydrogen) atoms. The van der Waals surface area contributed by atoms with Crippen molar-refractivity contribution in [2.75, 3.05) is 18.5 Å². The Balaban J connectivity index is 2.31. The number of aromatic nitrogens is 1. The molecule has 2 rings (SSSR count). The molecule has 2 N–H and O–H groups in total. The van der Waals surface area contributed by atoms with Crippen LogP contribution in [0.3, 0.4) is 0 Å². The Kier molecular flexibility index (Phi) is 3.85. The lowest BCUT2D eigenvalue weighted by Gasteiger charge is -2.32. The minimum atomic E-state index is 0.440. The predicted octanol–water partition coefficient (Wildman–Crippen LogP) is 2.57. The van der Waals surface area contributed by atoms with Crippen molar-refractivity contribution in [1.29, 1.82) is 0 Å². The number of anilines is 1. The molecule has 0 atom stereocenters. The molecule has 1 aromatic heterocycles. The lowest BCUT2D eigenvalue weighted by molar-refractivity contribution is 0.321. The fourth-order valence-corrected chi connectivity index (χ4v) is 2.83. The second kappa shape index (κ2) is 5.22. The lowest BCUT2D eigenvalue weighted by Crippen LogP contribution is -2.31. The second-order valence-electron chi connectivity index (χ2n) is 5.28. The number of thiocarbonyl (C=S) groups is 1. The van der Waals surface area contributed by atoms with E-state index in [1.165, 1.54) is 19.3 Å². The van der Waals surface area contributed by atoms with Crippen LogP contribution in [0.15, 0.2) is 6.07 Å². The van der Waals surface area contributed by atoms with Crippen molar-refractivity contribution in [1.82, 2.24) is 4.98 Å². The zero-order valence-corrected chi connectivity index (χ0v) is 12.2. The molecule has 0 spiro atoms. The van der Waals surface area contributed by atoms with Crippen LogP contribution in [0.25, 0.3) is 0 Å². The molecule has 0 aliphatic heterocycles. The van der Waals surface area contributed by atoms with Gasteiger partial charge in [0.2, 0.25) is 0 Å². The SMILES string of the molecule is Cc1cc(N(C)CC2CCC2)c(C(N)=S)c(C)n1. The van der Waals surface area contributed by atoms with E-state index in [0.717, 1.165) is 35.1 Å². The molecule has 0 saturated heterocycles.